The van der Waals surface area contributed by atoms with Gasteiger partial charge in [0.25, 0.3) is 0 Å². The van der Waals surface area contributed by atoms with E-state index in [0.29, 0.717) is 23.6 Å². The lowest BCUT2D eigenvalue weighted by atomic mass is 10.1. The number of rotatable bonds is 4. The summed E-state index contributed by atoms with van der Waals surface area (Å²) in [7, 11) is 0. The summed E-state index contributed by atoms with van der Waals surface area (Å²) in [5, 5.41) is 2.63. The first-order valence-corrected chi connectivity index (χ1v) is 8.03. The lowest BCUT2D eigenvalue weighted by molar-refractivity contribution is 0.0526. The molecular formula is C19H19NO4. The van der Waals surface area contributed by atoms with Crippen LogP contribution in [0.1, 0.15) is 34.8 Å². The van der Waals surface area contributed by atoms with E-state index in [1.807, 2.05) is 12.1 Å². The average Bonchev–Trinajstić information content (AvgIpc) is 3.03. The van der Waals surface area contributed by atoms with Crippen molar-refractivity contribution in [2.24, 2.45) is 0 Å². The van der Waals surface area contributed by atoms with Crippen LogP contribution >= 0.6 is 0 Å². The lowest BCUT2D eigenvalue weighted by Gasteiger charge is -2.09. The minimum atomic E-state index is -0.589. The van der Waals surface area contributed by atoms with Crippen LogP contribution < -0.4 is 10.1 Å². The van der Waals surface area contributed by atoms with Gasteiger partial charge in [0.1, 0.15) is 5.75 Å². The molecule has 0 aliphatic heterocycles. The summed E-state index contributed by atoms with van der Waals surface area (Å²) in [6, 6.07) is 12.3. The van der Waals surface area contributed by atoms with Crippen LogP contribution in [0.25, 0.3) is 0 Å². The van der Waals surface area contributed by atoms with Crippen LogP contribution in [0, 0.1) is 0 Å². The first-order chi connectivity index (χ1) is 11.7. The summed E-state index contributed by atoms with van der Waals surface area (Å²) in [6.07, 6.45) is 2.66. The van der Waals surface area contributed by atoms with E-state index < -0.39 is 12.1 Å². The standard InChI is InChI=1S/C19H19NO4/c1-2-23-18(21)15-7-4-8-16(11-15)20-19(22)24-17-10-9-13-5-3-6-14(13)12-17/h4,7-12H,2-3,5-6H2,1H3,(H,20,22). The Kier molecular flexibility index (Phi) is 4.79. The molecule has 1 N–H and O–H groups in total. The van der Waals surface area contributed by atoms with Gasteiger partial charge in [-0.25, -0.2) is 9.59 Å². The molecule has 0 bridgehead atoms. The van der Waals surface area contributed by atoms with Gasteiger partial charge in [-0.1, -0.05) is 12.1 Å². The maximum Gasteiger partial charge on any atom is 0.417 e. The van der Waals surface area contributed by atoms with Crippen molar-refractivity contribution in [2.45, 2.75) is 26.2 Å². The Balaban J connectivity index is 1.64. The van der Waals surface area contributed by atoms with Gasteiger partial charge in [-0.3, -0.25) is 5.32 Å². The second-order valence-electron chi connectivity index (χ2n) is 5.60. The number of ether oxygens (including phenoxy) is 2. The number of aryl methyl sites for hydroxylation is 2. The lowest BCUT2D eigenvalue weighted by Crippen LogP contribution is -2.17. The largest absolute Gasteiger partial charge is 0.462 e. The van der Waals surface area contributed by atoms with Gasteiger partial charge >= 0.3 is 12.1 Å². The monoisotopic (exact) mass is 325 g/mol. The van der Waals surface area contributed by atoms with E-state index in [9.17, 15) is 9.59 Å². The van der Waals surface area contributed by atoms with Gasteiger partial charge in [0, 0.05) is 5.69 Å². The highest BCUT2D eigenvalue weighted by Gasteiger charge is 2.13. The van der Waals surface area contributed by atoms with Gasteiger partial charge < -0.3 is 9.47 Å². The highest BCUT2D eigenvalue weighted by atomic mass is 16.6. The van der Waals surface area contributed by atoms with E-state index in [-0.39, 0.29) is 0 Å². The predicted octanol–water partition coefficient (Wildman–Crippen LogP) is 3.96. The number of esters is 1. The van der Waals surface area contributed by atoms with Crippen LogP contribution in [0.4, 0.5) is 10.5 Å². The summed E-state index contributed by atoms with van der Waals surface area (Å²) in [5.74, 6) is 0.0998. The van der Waals surface area contributed by atoms with E-state index in [1.165, 1.54) is 11.1 Å². The van der Waals surface area contributed by atoms with Gasteiger partial charge in [0.2, 0.25) is 0 Å². The summed E-state index contributed by atoms with van der Waals surface area (Å²) in [4.78, 5) is 23.8. The Labute approximate surface area is 140 Å². The number of fused-ring (bicyclic) bond motifs is 1. The Bertz CT molecular complexity index is 770. The van der Waals surface area contributed by atoms with E-state index in [2.05, 4.69) is 5.32 Å². The van der Waals surface area contributed by atoms with Gasteiger partial charge in [-0.15, -0.1) is 0 Å². The molecule has 3 rings (SSSR count). The second-order valence-corrected chi connectivity index (χ2v) is 5.60. The molecule has 124 valence electrons. The van der Waals surface area contributed by atoms with Gasteiger partial charge in [0.15, 0.2) is 0 Å². The number of amides is 1. The Morgan fingerprint density at radius 2 is 1.92 bits per heavy atom. The molecule has 5 nitrogen and oxygen atoms in total. The molecule has 0 heterocycles. The van der Waals surface area contributed by atoms with E-state index >= 15 is 0 Å². The molecule has 0 unspecified atom stereocenters. The molecule has 0 spiro atoms. The molecule has 24 heavy (non-hydrogen) atoms. The van der Waals surface area contributed by atoms with Crippen LogP contribution in [0.2, 0.25) is 0 Å². The zero-order chi connectivity index (χ0) is 16.9. The minimum Gasteiger partial charge on any atom is -0.462 e. The number of anilines is 1. The van der Waals surface area contributed by atoms with Crippen molar-refractivity contribution in [1.82, 2.24) is 0 Å². The maximum absolute atomic E-state index is 12.0. The predicted molar refractivity (Wildman–Crippen MR) is 90.5 cm³/mol. The molecule has 0 aromatic heterocycles. The van der Waals surface area contributed by atoms with Gasteiger partial charge in [-0.2, -0.15) is 0 Å². The Morgan fingerprint density at radius 3 is 2.75 bits per heavy atom. The summed E-state index contributed by atoms with van der Waals surface area (Å²) in [5.41, 5.74) is 3.42. The number of carbonyl (C=O) groups is 2. The van der Waals surface area contributed by atoms with Crippen molar-refractivity contribution in [3.63, 3.8) is 0 Å². The van der Waals surface area contributed by atoms with Gasteiger partial charge in [0.05, 0.1) is 12.2 Å². The van der Waals surface area contributed by atoms with Crippen molar-refractivity contribution in [2.75, 3.05) is 11.9 Å². The molecule has 1 amide bonds. The number of benzene rings is 2. The molecule has 5 heteroatoms. The molecule has 0 radical (unpaired) electrons. The van der Waals surface area contributed by atoms with Crippen LogP contribution in [-0.2, 0) is 17.6 Å². The highest BCUT2D eigenvalue weighted by molar-refractivity contribution is 5.93. The zero-order valence-electron chi connectivity index (χ0n) is 13.5. The van der Waals surface area contributed by atoms with Crippen molar-refractivity contribution >= 4 is 17.7 Å². The highest BCUT2D eigenvalue weighted by Crippen LogP contribution is 2.26. The number of nitrogens with one attached hydrogen (secondary N) is 1. The molecule has 0 fully saturated rings. The van der Waals surface area contributed by atoms with E-state index in [4.69, 9.17) is 9.47 Å². The summed E-state index contributed by atoms with van der Waals surface area (Å²) >= 11 is 0. The van der Waals surface area contributed by atoms with Crippen LogP contribution in [0.3, 0.4) is 0 Å². The Morgan fingerprint density at radius 1 is 1.08 bits per heavy atom. The molecule has 1 aliphatic carbocycles. The van der Waals surface area contributed by atoms with E-state index in [1.54, 1.807) is 37.3 Å². The van der Waals surface area contributed by atoms with Crippen LogP contribution in [0.15, 0.2) is 42.5 Å². The number of carbonyl (C=O) groups excluding carboxylic acids is 2. The average molecular weight is 325 g/mol. The van der Waals surface area contributed by atoms with E-state index in [0.717, 1.165) is 19.3 Å². The first kappa shape index (κ1) is 16.1. The molecule has 0 saturated heterocycles. The molecule has 0 atom stereocenters. The van der Waals surface area contributed by atoms with Crippen molar-refractivity contribution in [1.29, 1.82) is 0 Å². The fourth-order valence-corrected chi connectivity index (χ4v) is 2.80. The molecule has 2 aromatic rings. The minimum absolute atomic E-state index is 0.302. The Hall–Kier alpha value is -2.82. The van der Waals surface area contributed by atoms with Crippen molar-refractivity contribution < 1.29 is 19.1 Å². The van der Waals surface area contributed by atoms with Crippen LogP contribution in [-0.4, -0.2) is 18.7 Å². The molecular weight excluding hydrogens is 306 g/mol. The molecule has 1 aliphatic rings. The normalized spacial score (nSPS) is 12.4. The van der Waals surface area contributed by atoms with Crippen molar-refractivity contribution in [3.8, 4) is 5.75 Å². The summed E-state index contributed by atoms with van der Waals surface area (Å²) < 4.78 is 10.3. The topological polar surface area (TPSA) is 64.6 Å². The smallest absolute Gasteiger partial charge is 0.417 e. The summed E-state index contributed by atoms with van der Waals surface area (Å²) in [6.45, 7) is 2.05. The zero-order valence-corrected chi connectivity index (χ0v) is 13.5. The molecule has 0 saturated carbocycles. The SMILES string of the molecule is CCOC(=O)c1cccc(NC(=O)Oc2ccc3c(c2)CCC3)c1. The quantitative estimate of drug-likeness (QED) is 0.864. The van der Waals surface area contributed by atoms with Crippen LogP contribution in [0.5, 0.6) is 5.75 Å². The fraction of sp³-hybridized carbons (Fsp3) is 0.263. The van der Waals surface area contributed by atoms with Crippen molar-refractivity contribution in [3.05, 3.63) is 59.2 Å². The molecule has 2 aromatic carbocycles. The third-order valence-electron chi connectivity index (χ3n) is 3.90. The third kappa shape index (κ3) is 3.74. The number of hydrogen-bond acceptors (Lipinski definition) is 4. The first-order valence-electron chi connectivity index (χ1n) is 8.03. The third-order valence-corrected chi connectivity index (χ3v) is 3.90. The van der Waals surface area contributed by atoms with Gasteiger partial charge in [-0.05, 0) is 67.6 Å². The second kappa shape index (κ2) is 7.17. The fourth-order valence-electron chi connectivity index (χ4n) is 2.80. The maximum atomic E-state index is 12.0. The number of hydrogen-bond donors (Lipinski definition) is 1.